The van der Waals surface area contributed by atoms with Gasteiger partial charge in [0.15, 0.2) is 6.10 Å². The third-order valence-electron chi connectivity index (χ3n) is 7.69. The molecule has 0 saturated heterocycles. The van der Waals surface area contributed by atoms with Crippen molar-refractivity contribution in [3.8, 4) is 39.5 Å². The zero-order valence-corrected chi connectivity index (χ0v) is 25.3. The Morgan fingerprint density at radius 3 is 2.05 bits per heavy atom. The van der Waals surface area contributed by atoms with Crippen molar-refractivity contribution in [3.05, 3.63) is 137 Å². The van der Waals surface area contributed by atoms with Crippen molar-refractivity contribution in [2.24, 2.45) is 0 Å². The molecular weight excluding hydrogens is 568 g/mol. The van der Waals surface area contributed by atoms with Crippen molar-refractivity contribution in [3.63, 3.8) is 0 Å². The maximum Gasteiger partial charge on any atom is 0.345 e. The Hall–Kier alpha value is -5.07. The molecule has 1 atom stereocenters. The first-order valence-corrected chi connectivity index (χ1v) is 15.2. The molecule has 0 fully saturated rings. The zero-order chi connectivity index (χ0) is 30.5. The van der Waals surface area contributed by atoms with Crippen LogP contribution in [0.4, 0.5) is 0 Å². The largest absolute Gasteiger partial charge is 0.497 e. The fourth-order valence-corrected chi connectivity index (χ4v) is 6.68. The molecular formula is C38H32O5S. The Kier molecular flexibility index (Phi) is 8.62. The van der Waals surface area contributed by atoms with Crippen LogP contribution in [0.15, 0.2) is 121 Å². The summed E-state index contributed by atoms with van der Waals surface area (Å²) in [5, 5.41) is 10.9. The van der Waals surface area contributed by atoms with Gasteiger partial charge in [-0.15, -0.1) is 11.3 Å². The zero-order valence-electron chi connectivity index (χ0n) is 24.5. The number of methoxy groups -OCH3 is 2. The first kappa shape index (κ1) is 29.0. The van der Waals surface area contributed by atoms with Crippen LogP contribution in [0.3, 0.4) is 0 Å². The van der Waals surface area contributed by atoms with Crippen LogP contribution >= 0.6 is 11.3 Å². The van der Waals surface area contributed by atoms with Gasteiger partial charge in [0.05, 0.1) is 14.2 Å². The standard InChI is InChI=1S/C38H32O5S/c1-41-31-21-18-29(33(24-31)42-2)23-36-37(32-10-6-7-11-35(32)44-36)28-14-12-26(13-15-28)27-16-19-30(20-17-27)43-34(38(39)40)22-25-8-4-3-5-9-25/h3-21,24,34H,22-23H2,1-2H3,(H,39,40)/t34-/m1/s1. The second-order valence-corrected chi connectivity index (χ2v) is 11.6. The third-order valence-corrected chi connectivity index (χ3v) is 8.86. The summed E-state index contributed by atoms with van der Waals surface area (Å²) < 4.78 is 18.2. The van der Waals surface area contributed by atoms with E-state index in [1.54, 1.807) is 14.2 Å². The number of hydrogen-bond acceptors (Lipinski definition) is 5. The third kappa shape index (κ3) is 6.31. The smallest absolute Gasteiger partial charge is 0.345 e. The highest BCUT2D eigenvalue weighted by atomic mass is 32.1. The van der Waals surface area contributed by atoms with Gasteiger partial charge in [-0.3, -0.25) is 0 Å². The van der Waals surface area contributed by atoms with Crippen LogP contribution in [-0.4, -0.2) is 31.4 Å². The number of carbonyl (C=O) groups is 1. The predicted molar refractivity (Wildman–Crippen MR) is 177 cm³/mol. The number of ether oxygens (including phenoxy) is 3. The minimum absolute atomic E-state index is 0.296. The van der Waals surface area contributed by atoms with Gasteiger partial charge in [0, 0.05) is 39.4 Å². The quantitative estimate of drug-likeness (QED) is 0.161. The first-order chi connectivity index (χ1) is 21.5. The number of benzene rings is 5. The molecule has 220 valence electrons. The second-order valence-electron chi connectivity index (χ2n) is 10.5. The van der Waals surface area contributed by atoms with Crippen molar-refractivity contribution < 1.29 is 24.1 Å². The monoisotopic (exact) mass is 600 g/mol. The second kappa shape index (κ2) is 13.1. The first-order valence-electron chi connectivity index (χ1n) is 14.4. The molecule has 1 heterocycles. The summed E-state index contributed by atoms with van der Waals surface area (Å²) in [5.74, 6) is 1.12. The molecule has 1 aromatic heterocycles. The van der Waals surface area contributed by atoms with Crippen LogP contribution in [0.2, 0.25) is 0 Å². The molecule has 0 bridgehead atoms. The Morgan fingerprint density at radius 2 is 1.36 bits per heavy atom. The van der Waals surface area contributed by atoms with Gasteiger partial charge in [0.1, 0.15) is 17.2 Å². The Balaban J connectivity index is 1.24. The van der Waals surface area contributed by atoms with E-state index < -0.39 is 12.1 Å². The summed E-state index contributed by atoms with van der Waals surface area (Å²) in [4.78, 5) is 13.1. The van der Waals surface area contributed by atoms with Crippen molar-refractivity contribution in [1.29, 1.82) is 0 Å². The molecule has 0 spiro atoms. The number of aliphatic carboxylic acids is 1. The van der Waals surface area contributed by atoms with Crippen LogP contribution in [0.1, 0.15) is 16.0 Å². The lowest BCUT2D eigenvalue weighted by Gasteiger charge is -2.15. The fraction of sp³-hybridized carbons (Fsp3) is 0.132. The summed E-state index contributed by atoms with van der Waals surface area (Å²) in [5.41, 5.74) is 6.50. The molecule has 0 amide bonds. The van der Waals surface area contributed by atoms with Gasteiger partial charge in [-0.25, -0.2) is 4.79 Å². The highest BCUT2D eigenvalue weighted by Gasteiger charge is 2.20. The van der Waals surface area contributed by atoms with Crippen LogP contribution in [-0.2, 0) is 17.6 Å². The van der Waals surface area contributed by atoms with Crippen LogP contribution < -0.4 is 14.2 Å². The average molecular weight is 601 g/mol. The molecule has 6 aromatic rings. The minimum atomic E-state index is -0.987. The molecule has 0 saturated carbocycles. The van der Waals surface area contributed by atoms with Crippen molar-refractivity contribution in [2.75, 3.05) is 14.2 Å². The van der Waals surface area contributed by atoms with E-state index in [-0.39, 0.29) is 0 Å². The number of hydrogen-bond donors (Lipinski definition) is 1. The number of fused-ring (bicyclic) bond motifs is 1. The van der Waals surface area contributed by atoms with E-state index in [0.29, 0.717) is 12.2 Å². The lowest BCUT2D eigenvalue weighted by atomic mass is 9.96. The molecule has 5 aromatic carbocycles. The van der Waals surface area contributed by atoms with E-state index in [1.807, 2.05) is 78.1 Å². The summed E-state index contributed by atoms with van der Waals surface area (Å²) in [6.07, 6.45) is 0.0753. The molecule has 5 nitrogen and oxygen atoms in total. The fourth-order valence-electron chi connectivity index (χ4n) is 5.44. The average Bonchev–Trinajstić information content (AvgIpc) is 3.43. The van der Waals surface area contributed by atoms with Gasteiger partial charge >= 0.3 is 5.97 Å². The lowest BCUT2D eigenvalue weighted by molar-refractivity contribution is -0.145. The van der Waals surface area contributed by atoms with Gasteiger partial charge < -0.3 is 19.3 Å². The molecule has 0 aliphatic carbocycles. The highest BCUT2D eigenvalue weighted by molar-refractivity contribution is 7.19. The van der Waals surface area contributed by atoms with Gasteiger partial charge in [0.25, 0.3) is 0 Å². The molecule has 44 heavy (non-hydrogen) atoms. The summed E-state index contributed by atoms with van der Waals surface area (Å²) >= 11 is 1.81. The highest BCUT2D eigenvalue weighted by Crippen LogP contribution is 2.41. The topological polar surface area (TPSA) is 65.0 Å². The Labute approximate surface area is 260 Å². The summed E-state index contributed by atoms with van der Waals surface area (Å²) in [6, 6.07) is 40.2. The number of rotatable bonds is 11. The van der Waals surface area contributed by atoms with Gasteiger partial charge in [-0.05, 0) is 52.1 Å². The van der Waals surface area contributed by atoms with E-state index in [4.69, 9.17) is 14.2 Å². The molecule has 6 heteroatoms. The predicted octanol–water partition coefficient (Wildman–Crippen LogP) is 8.92. The molecule has 0 radical (unpaired) electrons. The normalized spacial score (nSPS) is 11.7. The van der Waals surface area contributed by atoms with Crippen LogP contribution in [0.25, 0.3) is 32.3 Å². The van der Waals surface area contributed by atoms with Crippen molar-refractivity contribution in [1.82, 2.24) is 0 Å². The van der Waals surface area contributed by atoms with Crippen LogP contribution in [0.5, 0.6) is 17.2 Å². The number of carboxylic acid groups (broad SMARTS) is 1. The van der Waals surface area contributed by atoms with Gasteiger partial charge in [-0.2, -0.15) is 0 Å². The van der Waals surface area contributed by atoms with Crippen molar-refractivity contribution in [2.45, 2.75) is 18.9 Å². The van der Waals surface area contributed by atoms with E-state index in [0.717, 1.165) is 45.7 Å². The number of carboxylic acids is 1. The maximum absolute atomic E-state index is 11.9. The Morgan fingerprint density at radius 1 is 0.727 bits per heavy atom. The van der Waals surface area contributed by atoms with E-state index in [9.17, 15) is 9.90 Å². The van der Waals surface area contributed by atoms with Crippen LogP contribution in [0, 0.1) is 0 Å². The van der Waals surface area contributed by atoms with E-state index >= 15 is 0 Å². The minimum Gasteiger partial charge on any atom is -0.497 e. The summed E-state index contributed by atoms with van der Waals surface area (Å²) in [6.45, 7) is 0. The van der Waals surface area contributed by atoms with Crippen molar-refractivity contribution >= 4 is 27.4 Å². The van der Waals surface area contributed by atoms with E-state index in [1.165, 1.54) is 20.5 Å². The molecule has 0 aliphatic heterocycles. The Bertz CT molecular complexity index is 1880. The SMILES string of the molecule is COc1ccc(Cc2sc3ccccc3c2-c2ccc(-c3ccc(O[C@H](Cc4ccccc4)C(=O)O)cc3)cc2)c(OC)c1. The molecule has 1 N–H and O–H groups in total. The number of thiophene rings is 1. The van der Waals surface area contributed by atoms with Gasteiger partial charge in [0.2, 0.25) is 0 Å². The summed E-state index contributed by atoms with van der Waals surface area (Å²) in [7, 11) is 3.35. The van der Waals surface area contributed by atoms with Gasteiger partial charge in [-0.1, -0.05) is 91.0 Å². The molecule has 6 rings (SSSR count). The maximum atomic E-state index is 11.9. The molecule has 0 unspecified atom stereocenters. The lowest BCUT2D eigenvalue weighted by Crippen LogP contribution is -2.29. The molecule has 0 aliphatic rings. The van der Waals surface area contributed by atoms with E-state index in [2.05, 4.69) is 54.6 Å².